The first-order valence-electron chi connectivity index (χ1n) is 12.1. The smallest absolute Gasteiger partial charge is 0.282 e. The Morgan fingerprint density at radius 1 is 0.973 bits per heavy atom. The van der Waals surface area contributed by atoms with Crippen molar-refractivity contribution in [2.45, 2.75) is 38.6 Å². The molecular formula is C26H26N8O2S. The Morgan fingerprint density at radius 2 is 1.84 bits per heavy atom. The molecule has 1 saturated heterocycles. The number of pyridine rings is 2. The third-order valence-electron chi connectivity index (χ3n) is 6.11. The molecule has 1 aliphatic heterocycles. The number of carbonyl (C=O) groups is 2. The molecule has 0 spiro atoms. The number of anilines is 1. The van der Waals surface area contributed by atoms with Gasteiger partial charge in [0.05, 0.1) is 30.0 Å². The molecule has 0 saturated carbocycles. The first-order valence-corrected chi connectivity index (χ1v) is 12.9. The summed E-state index contributed by atoms with van der Waals surface area (Å²) in [4.78, 5) is 35.5. The van der Waals surface area contributed by atoms with E-state index in [1.54, 1.807) is 12.4 Å². The van der Waals surface area contributed by atoms with Gasteiger partial charge in [0.2, 0.25) is 10.1 Å². The summed E-state index contributed by atoms with van der Waals surface area (Å²) < 4.78 is 0. The minimum Gasteiger partial charge on any atom is -0.346 e. The molecule has 1 N–H and O–H groups in total. The van der Waals surface area contributed by atoms with Gasteiger partial charge in [-0.3, -0.25) is 19.6 Å². The Kier molecular flexibility index (Phi) is 7.50. The second kappa shape index (κ2) is 11.3. The zero-order valence-electron chi connectivity index (χ0n) is 20.4. The van der Waals surface area contributed by atoms with Crippen molar-refractivity contribution in [3.05, 3.63) is 88.2 Å². The van der Waals surface area contributed by atoms with Crippen molar-refractivity contribution in [1.82, 2.24) is 35.7 Å². The minimum atomic E-state index is -0.262. The largest absolute Gasteiger partial charge is 0.346 e. The standard InChI is InChI=1S/C26H26N8O2S/c1-17-7-10-28-21(12-17)15-29-24(36)25-32-33-26(37-25)34-11-8-18(16-34)23-6-5-20(30-31-23)14-22(35)13-19-4-2-3-9-27-19/h2-7,9-10,12,18H,8,11,13-16H2,1H3,(H,29,36). The van der Waals surface area contributed by atoms with Crippen molar-refractivity contribution in [3.8, 4) is 0 Å². The van der Waals surface area contributed by atoms with E-state index in [4.69, 9.17) is 0 Å². The maximum Gasteiger partial charge on any atom is 0.282 e. The Hall–Kier alpha value is -4.12. The molecule has 0 aliphatic carbocycles. The Morgan fingerprint density at radius 3 is 2.62 bits per heavy atom. The predicted octanol–water partition coefficient (Wildman–Crippen LogP) is 2.70. The molecule has 0 radical (unpaired) electrons. The zero-order valence-corrected chi connectivity index (χ0v) is 21.2. The lowest BCUT2D eigenvalue weighted by atomic mass is 10.0. The maximum atomic E-state index is 12.5. The molecule has 188 valence electrons. The summed E-state index contributed by atoms with van der Waals surface area (Å²) in [6.07, 6.45) is 4.82. The molecule has 4 aromatic heterocycles. The molecular weight excluding hydrogens is 488 g/mol. The van der Waals surface area contributed by atoms with Gasteiger partial charge in [-0.2, -0.15) is 10.2 Å². The average Bonchev–Trinajstić information content (AvgIpc) is 3.59. The molecule has 10 nitrogen and oxygen atoms in total. The number of aromatic nitrogens is 6. The van der Waals surface area contributed by atoms with Gasteiger partial charge in [-0.15, -0.1) is 10.2 Å². The molecule has 0 aromatic carbocycles. The summed E-state index contributed by atoms with van der Waals surface area (Å²) in [7, 11) is 0. The molecule has 1 aliphatic rings. The number of ketones is 1. The lowest BCUT2D eigenvalue weighted by Gasteiger charge is -2.13. The summed E-state index contributed by atoms with van der Waals surface area (Å²) in [5.74, 6) is -0.0137. The van der Waals surface area contributed by atoms with Gasteiger partial charge in [0.1, 0.15) is 5.78 Å². The van der Waals surface area contributed by atoms with E-state index < -0.39 is 0 Å². The van der Waals surface area contributed by atoms with Gasteiger partial charge in [0, 0.05) is 43.5 Å². The van der Waals surface area contributed by atoms with E-state index in [2.05, 4.69) is 40.6 Å². The fraction of sp³-hybridized carbons (Fsp3) is 0.308. The van der Waals surface area contributed by atoms with Gasteiger partial charge in [0.25, 0.3) is 5.91 Å². The molecule has 1 atom stereocenters. The molecule has 5 heterocycles. The van der Waals surface area contributed by atoms with Crippen LogP contribution in [-0.2, 0) is 24.2 Å². The molecule has 1 unspecified atom stereocenters. The molecule has 0 bridgehead atoms. The number of Topliss-reactive ketones (excluding diaryl/α,β-unsaturated/α-hetero) is 1. The summed E-state index contributed by atoms with van der Waals surface area (Å²) in [6, 6.07) is 13.2. The van der Waals surface area contributed by atoms with Crippen LogP contribution in [0, 0.1) is 6.92 Å². The molecule has 11 heteroatoms. The van der Waals surface area contributed by atoms with Crippen molar-refractivity contribution >= 4 is 28.2 Å². The van der Waals surface area contributed by atoms with E-state index >= 15 is 0 Å². The van der Waals surface area contributed by atoms with Gasteiger partial charge in [0.15, 0.2) is 0 Å². The van der Waals surface area contributed by atoms with E-state index in [-0.39, 0.29) is 30.4 Å². The number of carbonyl (C=O) groups excluding carboxylic acids is 2. The molecule has 37 heavy (non-hydrogen) atoms. The van der Waals surface area contributed by atoms with Gasteiger partial charge < -0.3 is 10.2 Å². The number of aryl methyl sites for hydroxylation is 1. The Bertz CT molecular complexity index is 1380. The maximum absolute atomic E-state index is 12.5. The van der Waals surface area contributed by atoms with Crippen LogP contribution in [0.25, 0.3) is 0 Å². The summed E-state index contributed by atoms with van der Waals surface area (Å²) in [5.41, 5.74) is 4.18. The van der Waals surface area contributed by atoms with Crippen molar-refractivity contribution in [2.24, 2.45) is 0 Å². The fourth-order valence-electron chi connectivity index (χ4n) is 4.20. The highest BCUT2D eigenvalue weighted by Gasteiger charge is 2.28. The number of nitrogens with one attached hydrogen (secondary N) is 1. The van der Waals surface area contributed by atoms with E-state index in [0.717, 1.165) is 42.2 Å². The predicted molar refractivity (Wildman–Crippen MR) is 138 cm³/mol. The Balaban J connectivity index is 1.13. The number of hydrogen-bond acceptors (Lipinski definition) is 10. The summed E-state index contributed by atoms with van der Waals surface area (Å²) >= 11 is 1.28. The van der Waals surface area contributed by atoms with Gasteiger partial charge >= 0.3 is 0 Å². The van der Waals surface area contributed by atoms with E-state index in [1.165, 1.54) is 11.3 Å². The fourth-order valence-corrected chi connectivity index (χ4v) is 5.00. The molecule has 1 fully saturated rings. The normalized spacial score (nSPS) is 15.1. The van der Waals surface area contributed by atoms with Crippen LogP contribution in [0.5, 0.6) is 0 Å². The van der Waals surface area contributed by atoms with Crippen molar-refractivity contribution in [3.63, 3.8) is 0 Å². The highest BCUT2D eigenvalue weighted by Crippen LogP contribution is 2.31. The lowest BCUT2D eigenvalue weighted by Crippen LogP contribution is -2.23. The first kappa shape index (κ1) is 24.6. The number of amides is 1. The monoisotopic (exact) mass is 514 g/mol. The minimum absolute atomic E-state index is 0.0547. The van der Waals surface area contributed by atoms with Gasteiger partial charge in [-0.25, -0.2) is 0 Å². The van der Waals surface area contributed by atoms with E-state index in [0.29, 0.717) is 22.4 Å². The van der Waals surface area contributed by atoms with Crippen LogP contribution in [0.15, 0.2) is 54.9 Å². The summed E-state index contributed by atoms with van der Waals surface area (Å²) in [5, 5.41) is 20.9. The molecule has 5 rings (SSSR count). The Labute approximate surface area is 218 Å². The third kappa shape index (κ3) is 6.36. The van der Waals surface area contributed by atoms with E-state index in [9.17, 15) is 9.59 Å². The highest BCUT2D eigenvalue weighted by atomic mass is 32.1. The second-order valence-corrected chi connectivity index (χ2v) is 9.95. The SMILES string of the molecule is Cc1ccnc(CNC(=O)c2nnc(N3CCC(c4ccc(CC(=O)Cc5ccccn5)nn4)C3)s2)c1. The first-order chi connectivity index (χ1) is 18.0. The van der Waals surface area contributed by atoms with Crippen LogP contribution >= 0.6 is 11.3 Å². The summed E-state index contributed by atoms with van der Waals surface area (Å²) in [6.45, 7) is 3.83. The molecule has 4 aromatic rings. The lowest BCUT2D eigenvalue weighted by molar-refractivity contribution is -0.117. The topological polar surface area (TPSA) is 127 Å². The van der Waals surface area contributed by atoms with Crippen LogP contribution in [0.2, 0.25) is 0 Å². The number of nitrogens with zero attached hydrogens (tertiary/aromatic N) is 7. The second-order valence-electron chi connectivity index (χ2n) is 8.99. The van der Waals surface area contributed by atoms with Gasteiger partial charge in [-0.05, 0) is 55.3 Å². The zero-order chi connectivity index (χ0) is 25.6. The third-order valence-corrected chi connectivity index (χ3v) is 7.09. The van der Waals surface area contributed by atoms with Crippen LogP contribution in [0.3, 0.4) is 0 Å². The number of rotatable bonds is 9. The quantitative estimate of drug-likeness (QED) is 0.359. The number of hydrogen-bond donors (Lipinski definition) is 1. The van der Waals surface area contributed by atoms with Crippen molar-refractivity contribution < 1.29 is 9.59 Å². The molecule has 1 amide bonds. The van der Waals surface area contributed by atoms with Gasteiger partial charge in [-0.1, -0.05) is 17.4 Å². The van der Waals surface area contributed by atoms with Crippen LogP contribution in [0.1, 0.15) is 50.5 Å². The van der Waals surface area contributed by atoms with Crippen LogP contribution in [0.4, 0.5) is 5.13 Å². The van der Waals surface area contributed by atoms with Crippen molar-refractivity contribution in [2.75, 3.05) is 18.0 Å². The average molecular weight is 515 g/mol. The van der Waals surface area contributed by atoms with E-state index in [1.807, 2.05) is 49.4 Å². The van der Waals surface area contributed by atoms with Crippen LogP contribution in [-0.4, -0.2) is 55.1 Å². The highest BCUT2D eigenvalue weighted by molar-refractivity contribution is 7.17. The van der Waals surface area contributed by atoms with Crippen LogP contribution < -0.4 is 10.2 Å². The van der Waals surface area contributed by atoms with Crippen molar-refractivity contribution in [1.29, 1.82) is 0 Å².